The number of rotatable bonds is 7. The van der Waals surface area contributed by atoms with Crippen molar-refractivity contribution in [1.82, 2.24) is 4.98 Å². The molecule has 3 aromatic rings. The van der Waals surface area contributed by atoms with Gasteiger partial charge >= 0.3 is 5.97 Å². The minimum absolute atomic E-state index is 0.185. The van der Waals surface area contributed by atoms with E-state index in [0.717, 1.165) is 21.4 Å². The van der Waals surface area contributed by atoms with E-state index in [4.69, 9.17) is 9.84 Å². The number of benzene rings is 2. The average Bonchev–Trinajstić information content (AvgIpc) is 3.07. The number of thiazole rings is 1. The van der Waals surface area contributed by atoms with Crippen LogP contribution in [0.1, 0.15) is 21.7 Å². The Bertz CT molecular complexity index is 1120. The topological polar surface area (TPSA) is 59.4 Å². The zero-order valence-electron chi connectivity index (χ0n) is 16.4. The molecular weight excluding hydrogens is 435 g/mol. The number of thioether (sulfide) groups is 1. The molecule has 0 fully saturated rings. The molecule has 2 aromatic carbocycles. The number of aromatic nitrogens is 1. The van der Waals surface area contributed by atoms with Gasteiger partial charge in [0.05, 0.1) is 11.3 Å². The first-order valence-corrected chi connectivity index (χ1v) is 10.7. The predicted octanol–water partition coefficient (Wildman–Crippen LogP) is 5.91. The molecule has 0 radical (unpaired) electrons. The van der Waals surface area contributed by atoms with E-state index in [2.05, 4.69) is 4.98 Å². The third kappa shape index (κ3) is 4.79. The largest absolute Gasteiger partial charge is 0.482 e. The van der Waals surface area contributed by atoms with E-state index in [9.17, 15) is 18.0 Å². The molecule has 0 saturated carbocycles. The van der Waals surface area contributed by atoms with Crippen molar-refractivity contribution < 1.29 is 27.8 Å². The van der Waals surface area contributed by atoms with Crippen LogP contribution in [0.15, 0.2) is 29.2 Å². The summed E-state index contributed by atoms with van der Waals surface area (Å²) in [6.07, 6.45) is 0. The Balaban J connectivity index is 1.76. The number of nitrogens with zero attached hydrogens (tertiary/aromatic N) is 1. The van der Waals surface area contributed by atoms with E-state index >= 15 is 0 Å². The van der Waals surface area contributed by atoms with Gasteiger partial charge in [0, 0.05) is 21.1 Å². The maximum atomic E-state index is 14.3. The number of halogens is 3. The molecule has 0 aliphatic rings. The number of hydrogen-bond donors (Lipinski definition) is 1. The van der Waals surface area contributed by atoms with Crippen molar-refractivity contribution in [3.05, 3.63) is 63.4 Å². The molecule has 3 rings (SSSR count). The first kappa shape index (κ1) is 22.2. The van der Waals surface area contributed by atoms with Crippen LogP contribution in [0, 0.1) is 38.2 Å². The second kappa shape index (κ2) is 9.09. The smallest absolute Gasteiger partial charge is 0.341 e. The van der Waals surface area contributed by atoms with Gasteiger partial charge in [0.2, 0.25) is 0 Å². The van der Waals surface area contributed by atoms with Gasteiger partial charge in [0.15, 0.2) is 18.2 Å². The van der Waals surface area contributed by atoms with Crippen LogP contribution in [-0.4, -0.2) is 22.7 Å². The molecule has 0 saturated heterocycles. The molecule has 0 atom stereocenters. The van der Waals surface area contributed by atoms with Crippen molar-refractivity contribution in [1.29, 1.82) is 0 Å². The van der Waals surface area contributed by atoms with Crippen molar-refractivity contribution in [2.45, 2.75) is 31.4 Å². The maximum Gasteiger partial charge on any atom is 0.341 e. The summed E-state index contributed by atoms with van der Waals surface area (Å²) in [6, 6.07) is 6.38. The summed E-state index contributed by atoms with van der Waals surface area (Å²) in [5.41, 5.74) is 0.930. The SMILES string of the molecule is Cc1cc(SCc2sc(-c3cc(F)c(C)c(F)c3F)nc2C)ccc1OCC(=O)O. The van der Waals surface area contributed by atoms with E-state index in [1.807, 2.05) is 19.1 Å². The lowest BCUT2D eigenvalue weighted by Gasteiger charge is -2.08. The van der Waals surface area contributed by atoms with E-state index in [0.29, 0.717) is 17.2 Å². The Morgan fingerprint density at radius 3 is 2.57 bits per heavy atom. The van der Waals surface area contributed by atoms with E-state index in [1.165, 1.54) is 30.0 Å². The lowest BCUT2D eigenvalue weighted by molar-refractivity contribution is -0.139. The van der Waals surface area contributed by atoms with Crippen LogP contribution < -0.4 is 4.74 Å². The monoisotopic (exact) mass is 453 g/mol. The van der Waals surface area contributed by atoms with Crippen LogP contribution in [0.4, 0.5) is 13.2 Å². The lowest BCUT2D eigenvalue weighted by Crippen LogP contribution is -2.09. The highest BCUT2D eigenvalue weighted by atomic mass is 32.2. The Labute approximate surface area is 179 Å². The number of hydrogen-bond acceptors (Lipinski definition) is 5. The number of aliphatic carboxylic acids is 1. The van der Waals surface area contributed by atoms with Crippen LogP contribution in [0.2, 0.25) is 0 Å². The van der Waals surface area contributed by atoms with Crippen LogP contribution in [-0.2, 0) is 10.5 Å². The summed E-state index contributed by atoms with van der Waals surface area (Å²) in [4.78, 5) is 16.7. The molecule has 1 N–H and O–H groups in total. The second-order valence-electron chi connectivity index (χ2n) is 6.58. The van der Waals surface area contributed by atoms with Gasteiger partial charge in [0.25, 0.3) is 0 Å². The molecule has 0 spiro atoms. The van der Waals surface area contributed by atoms with Gasteiger partial charge in [-0.3, -0.25) is 0 Å². The number of carboxylic acid groups (broad SMARTS) is 1. The molecule has 1 aromatic heterocycles. The average molecular weight is 454 g/mol. The van der Waals surface area contributed by atoms with Crippen molar-refractivity contribution >= 4 is 29.1 Å². The fourth-order valence-electron chi connectivity index (χ4n) is 2.68. The summed E-state index contributed by atoms with van der Waals surface area (Å²) in [7, 11) is 0. The molecule has 158 valence electrons. The highest BCUT2D eigenvalue weighted by molar-refractivity contribution is 7.98. The molecule has 0 amide bonds. The number of ether oxygens (including phenoxy) is 1. The Morgan fingerprint density at radius 1 is 1.17 bits per heavy atom. The number of carboxylic acids is 1. The first-order chi connectivity index (χ1) is 14.2. The summed E-state index contributed by atoms with van der Waals surface area (Å²) in [5, 5.41) is 8.93. The van der Waals surface area contributed by atoms with Gasteiger partial charge in [-0.05, 0) is 50.6 Å². The molecular formula is C21H18F3NO3S2. The van der Waals surface area contributed by atoms with E-state index < -0.39 is 30.0 Å². The maximum absolute atomic E-state index is 14.3. The molecule has 4 nitrogen and oxygen atoms in total. The van der Waals surface area contributed by atoms with Gasteiger partial charge in [0.1, 0.15) is 16.6 Å². The Morgan fingerprint density at radius 2 is 1.90 bits per heavy atom. The lowest BCUT2D eigenvalue weighted by atomic mass is 10.1. The third-order valence-electron chi connectivity index (χ3n) is 4.38. The predicted molar refractivity (Wildman–Crippen MR) is 111 cm³/mol. The minimum atomic E-state index is -1.20. The molecule has 0 bridgehead atoms. The molecule has 0 aliphatic heterocycles. The van der Waals surface area contributed by atoms with Crippen LogP contribution in [0.5, 0.6) is 5.75 Å². The number of carbonyl (C=O) groups is 1. The highest BCUT2D eigenvalue weighted by Gasteiger charge is 2.20. The van der Waals surface area contributed by atoms with E-state index in [1.54, 1.807) is 13.0 Å². The fraction of sp³-hybridized carbons (Fsp3) is 0.238. The van der Waals surface area contributed by atoms with Crippen molar-refractivity contribution in [3.63, 3.8) is 0 Å². The van der Waals surface area contributed by atoms with Crippen molar-refractivity contribution in [2.24, 2.45) is 0 Å². The van der Waals surface area contributed by atoms with Crippen molar-refractivity contribution in [3.8, 4) is 16.3 Å². The standard InChI is InChI=1S/C21H18F3NO3S2/c1-10-6-13(4-5-16(10)28-8-18(26)27)29-9-17-12(3)25-21(30-17)14-7-15(22)11(2)19(23)20(14)24/h4-7H,8-9H2,1-3H3,(H,26,27). The van der Waals surface area contributed by atoms with Gasteiger partial charge in [-0.2, -0.15) is 0 Å². The molecule has 9 heteroatoms. The molecule has 0 unspecified atom stereocenters. The third-order valence-corrected chi connectivity index (χ3v) is 6.77. The van der Waals surface area contributed by atoms with Gasteiger partial charge in [-0.15, -0.1) is 23.1 Å². The summed E-state index contributed by atoms with van der Waals surface area (Å²) < 4.78 is 47.3. The minimum Gasteiger partial charge on any atom is -0.482 e. The number of aryl methyl sites for hydroxylation is 2. The normalized spacial score (nSPS) is 11.0. The van der Waals surface area contributed by atoms with Crippen LogP contribution >= 0.6 is 23.1 Å². The molecule has 0 aliphatic carbocycles. The Hall–Kier alpha value is -2.52. The highest BCUT2D eigenvalue weighted by Crippen LogP contribution is 2.36. The second-order valence-corrected chi connectivity index (χ2v) is 8.72. The summed E-state index contributed by atoms with van der Waals surface area (Å²) in [5.74, 6) is -3.13. The summed E-state index contributed by atoms with van der Waals surface area (Å²) in [6.45, 7) is 4.36. The van der Waals surface area contributed by atoms with Gasteiger partial charge < -0.3 is 9.84 Å². The first-order valence-electron chi connectivity index (χ1n) is 8.86. The van der Waals surface area contributed by atoms with Gasteiger partial charge in [-0.25, -0.2) is 22.9 Å². The van der Waals surface area contributed by atoms with Crippen molar-refractivity contribution in [2.75, 3.05) is 6.61 Å². The zero-order chi connectivity index (χ0) is 22.0. The molecule has 1 heterocycles. The quantitative estimate of drug-likeness (QED) is 0.356. The van der Waals surface area contributed by atoms with Crippen LogP contribution in [0.3, 0.4) is 0 Å². The zero-order valence-corrected chi connectivity index (χ0v) is 18.0. The van der Waals surface area contributed by atoms with Crippen LogP contribution in [0.25, 0.3) is 10.6 Å². The fourth-order valence-corrected chi connectivity index (χ4v) is 4.89. The van der Waals surface area contributed by atoms with Gasteiger partial charge in [-0.1, -0.05) is 0 Å². The molecule has 30 heavy (non-hydrogen) atoms. The Kier molecular flexibility index (Phi) is 6.72. The summed E-state index contributed by atoms with van der Waals surface area (Å²) >= 11 is 2.71. The van der Waals surface area contributed by atoms with E-state index in [-0.39, 0.29) is 16.1 Å².